The van der Waals surface area contributed by atoms with Gasteiger partial charge in [-0.1, -0.05) is 17.7 Å². The number of hydrogen-bond donors (Lipinski definition) is 2. The monoisotopic (exact) mass is 361 g/mol. The molecular formula is C17H16ClN3O4. The Morgan fingerprint density at radius 2 is 2.00 bits per heavy atom. The van der Waals surface area contributed by atoms with Crippen LogP contribution in [-0.4, -0.2) is 29.9 Å². The Balaban J connectivity index is 1.91. The molecular weight excluding hydrogens is 346 g/mol. The number of methoxy groups -OCH3 is 1. The number of benzene rings is 1. The van der Waals surface area contributed by atoms with Gasteiger partial charge in [0.15, 0.2) is 0 Å². The number of aromatic nitrogens is 1. The Kier molecular flexibility index (Phi) is 6.47. The van der Waals surface area contributed by atoms with Crippen LogP contribution in [0.4, 0.5) is 5.69 Å². The third kappa shape index (κ3) is 5.58. The molecule has 0 unspecified atom stereocenters. The molecule has 1 heterocycles. The van der Waals surface area contributed by atoms with E-state index in [1.165, 1.54) is 25.3 Å². The Morgan fingerprint density at radius 1 is 1.20 bits per heavy atom. The van der Waals surface area contributed by atoms with Gasteiger partial charge in [0.05, 0.1) is 23.4 Å². The lowest BCUT2D eigenvalue weighted by atomic mass is 10.2. The summed E-state index contributed by atoms with van der Waals surface area (Å²) in [7, 11) is 1.25. The van der Waals surface area contributed by atoms with E-state index >= 15 is 0 Å². The van der Waals surface area contributed by atoms with Crippen LogP contribution in [0.25, 0.3) is 0 Å². The van der Waals surface area contributed by atoms with Crippen molar-refractivity contribution in [3.8, 4) is 0 Å². The SMILES string of the molecule is COC(=O)c1ccc(Cl)c(NC(=O)CC(=O)NCc2cccnc2)c1. The topological polar surface area (TPSA) is 97.4 Å². The van der Waals surface area contributed by atoms with Gasteiger partial charge in [0.1, 0.15) is 6.42 Å². The molecule has 1 aromatic heterocycles. The zero-order chi connectivity index (χ0) is 18.2. The summed E-state index contributed by atoms with van der Waals surface area (Å²) in [6, 6.07) is 7.89. The molecule has 2 rings (SSSR count). The zero-order valence-electron chi connectivity index (χ0n) is 13.4. The van der Waals surface area contributed by atoms with E-state index in [9.17, 15) is 14.4 Å². The van der Waals surface area contributed by atoms with Crippen molar-refractivity contribution >= 4 is 35.1 Å². The van der Waals surface area contributed by atoms with Gasteiger partial charge in [0.2, 0.25) is 11.8 Å². The van der Waals surface area contributed by atoms with Crippen LogP contribution in [0.15, 0.2) is 42.7 Å². The molecule has 0 radical (unpaired) electrons. The highest BCUT2D eigenvalue weighted by molar-refractivity contribution is 6.34. The average Bonchev–Trinajstić information content (AvgIpc) is 2.62. The first-order valence-corrected chi connectivity index (χ1v) is 7.70. The van der Waals surface area contributed by atoms with Gasteiger partial charge in [-0.25, -0.2) is 4.79 Å². The van der Waals surface area contributed by atoms with Crippen molar-refractivity contribution in [3.05, 3.63) is 58.9 Å². The summed E-state index contributed by atoms with van der Waals surface area (Å²) in [6.45, 7) is 0.276. The molecule has 0 aliphatic rings. The minimum atomic E-state index is -0.554. The number of hydrogen-bond acceptors (Lipinski definition) is 5. The van der Waals surface area contributed by atoms with Crippen molar-refractivity contribution in [2.24, 2.45) is 0 Å². The van der Waals surface area contributed by atoms with Crippen molar-refractivity contribution in [3.63, 3.8) is 0 Å². The van der Waals surface area contributed by atoms with Crippen LogP contribution in [0.2, 0.25) is 5.02 Å². The van der Waals surface area contributed by atoms with Crippen LogP contribution in [-0.2, 0) is 20.9 Å². The number of halogens is 1. The molecule has 7 nitrogen and oxygen atoms in total. The van der Waals surface area contributed by atoms with E-state index in [-0.39, 0.29) is 29.2 Å². The first-order valence-electron chi connectivity index (χ1n) is 7.33. The van der Waals surface area contributed by atoms with Crippen LogP contribution in [0, 0.1) is 0 Å². The van der Waals surface area contributed by atoms with Crippen LogP contribution < -0.4 is 10.6 Å². The lowest BCUT2D eigenvalue weighted by molar-refractivity contribution is -0.126. The summed E-state index contributed by atoms with van der Waals surface area (Å²) in [6.07, 6.45) is 2.88. The maximum absolute atomic E-state index is 12.0. The second-order valence-electron chi connectivity index (χ2n) is 5.05. The normalized spacial score (nSPS) is 10.0. The molecule has 25 heavy (non-hydrogen) atoms. The fourth-order valence-electron chi connectivity index (χ4n) is 1.97. The van der Waals surface area contributed by atoms with E-state index in [1.807, 2.05) is 6.07 Å². The fourth-order valence-corrected chi connectivity index (χ4v) is 2.14. The van der Waals surface area contributed by atoms with Crippen molar-refractivity contribution in [2.75, 3.05) is 12.4 Å². The highest BCUT2D eigenvalue weighted by Crippen LogP contribution is 2.23. The third-order valence-corrected chi connectivity index (χ3v) is 3.52. The van der Waals surface area contributed by atoms with Crippen LogP contribution >= 0.6 is 11.6 Å². The molecule has 0 aliphatic carbocycles. The Labute approximate surface area is 149 Å². The number of ether oxygens (including phenoxy) is 1. The quantitative estimate of drug-likeness (QED) is 0.607. The van der Waals surface area contributed by atoms with E-state index in [0.717, 1.165) is 5.56 Å². The van der Waals surface area contributed by atoms with Crippen molar-refractivity contribution in [2.45, 2.75) is 13.0 Å². The lowest BCUT2D eigenvalue weighted by Gasteiger charge is -2.09. The number of rotatable bonds is 6. The number of carbonyl (C=O) groups excluding carboxylic acids is 3. The Morgan fingerprint density at radius 3 is 2.68 bits per heavy atom. The number of esters is 1. The molecule has 130 valence electrons. The molecule has 0 saturated heterocycles. The van der Waals surface area contributed by atoms with Gasteiger partial charge in [0.25, 0.3) is 0 Å². The number of anilines is 1. The number of pyridine rings is 1. The highest BCUT2D eigenvalue weighted by atomic mass is 35.5. The van der Waals surface area contributed by atoms with Crippen molar-refractivity contribution in [1.82, 2.24) is 10.3 Å². The first kappa shape index (κ1) is 18.4. The van der Waals surface area contributed by atoms with E-state index < -0.39 is 17.8 Å². The smallest absolute Gasteiger partial charge is 0.337 e. The molecule has 0 fully saturated rings. The average molecular weight is 362 g/mol. The molecule has 0 atom stereocenters. The van der Waals surface area contributed by atoms with Gasteiger partial charge in [-0.2, -0.15) is 0 Å². The molecule has 2 N–H and O–H groups in total. The zero-order valence-corrected chi connectivity index (χ0v) is 14.2. The summed E-state index contributed by atoms with van der Waals surface area (Å²) < 4.78 is 4.61. The Hall–Kier alpha value is -2.93. The number of carbonyl (C=O) groups is 3. The van der Waals surface area contributed by atoms with Crippen LogP contribution in [0.1, 0.15) is 22.3 Å². The van der Waals surface area contributed by atoms with Crippen LogP contribution in [0.3, 0.4) is 0 Å². The summed E-state index contributed by atoms with van der Waals surface area (Å²) in [4.78, 5) is 39.3. The molecule has 0 spiro atoms. The van der Waals surface area contributed by atoms with Gasteiger partial charge in [0, 0.05) is 18.9 Å². The molecule has 0 bridgehead atoms. The number of amides is 2. The van der Waals surface area contributed by atoms with Crippen molar-refractivity contribution < 1.29 is 19.1 Å². The summed E-state index contributed by atoms with van der Waals surface area (Å²) in [5, 5.41) is 5.38. The van der Waals surface area contributed by atoms with Gasteiger partial charge in [-0.15, -0.1) is 0 Å². The maximum Gasteiger partial charge on any atom is 0.337 e. The fraction of sp³-hybridized carbons (Fsp3) is 0.176. The minimum absolute atomic E-state index is 0.231. The highest BCUT2D eigenvalue weighted by Gasteiger charge is 2.13. The number of nitrogens with zero attached hydrogens (tertiary/aromatic N) is 1. The van der Waals surface area contributed by atoms with Gasteiger partial charge in [-0.05, 0) is 29.8 Å². The van der Waals surface area contributed by atoms with Gasteiger partial charge < -0.3 is 15.4 Å². The maximum atomic E-state index is 12.0. The van der Waals surface area contributed by atoms with Crippen molar-refractivity contribution in [1.29, 1.82) is 0 Å². The van der Waals surface area contributed by atoms with Crippen LogP contribution in [0.5, 0.6) is 0 Å². The van der Waals surface area contributed by atoms with E-state index in [2.05, 4.69) is 20.4 Å². The number of nitrogens with one attached hydrogen (secondary N) is 2. The second kappa shape index (κ2) is 8.79. The van der Waals surface area contributed by atoms with E-state index in [0.29, 0.717) is 0 Å². The standard InChI is InChI=1S/C17H16ClN3O4/c1-25-17(24)12-4-5-13(18)14(7-12)21-16(23)8-15(22)20-10-11-3-2-6-19-9-11/h2-7,9H,8,10H2,1H3,(H,20,22)(H,21,23). The molecule has 0 saturated carbocycles. The van der Waals surface area contributed by atoms with Gasteiger partial charge >= 0.3 is 5.97 Å². The predicted molar refractivity (Wildman–Crippen MR) is 92.1 cm³/mol. The second-order valence-corrected chi connectivity index (χ2v) is 5.46. The van der Waals surface area contributed by atoms with E-state index in [1.54, 1.807) is 18.5 Å². The summed E-state index contributed by atoms with van der Waals surface area (Å²) >= 11 is 5.99. The largest absolute Gasteiger partial charge is 0.465 e. The predicted octanol–water partition coefficient (Wildman–Crippen LogP) is 2.17. The summed E-state index contributed by atoms with van der Waals surface area (Å²) in [5.41, 5.74) is 1.29. The molecule has 0 aliphatic heterocycles. The molecule has 2 amide bonds. The summed E-state index contributed by atoms with van der Waals surface area (Å²) in [5.74, 6) is -1.55. The third-order valence-electron chi connectivity index (χ3n) is 3.20. The van der Waals surface area contributed by atoms with E-state index in [4.69, 9.17) is 11.6 Å². The molecule has 2 aromatic rings. The molecule has 8 heteroatoms. The molecule has 1 aromatic carbocycles. The minimum Gasteiger partial charge on any atom is -0.465 e. The first-order chi connectivity index (χ1) is 12.0. The Bertz CT molecular complexity index is 781. The lowest BCUT2D eigenvalue weighted by Crippen LogP contribution is -2.27. The van der Waals surface area contributed by atoms with Gasteiger partial charge in [-0.3, -0.25) is 14.6 Å².